The molecule has 1 aliphatic rings. The number of nitrogens with zero attached hydrogens (tertiary/aromatic N) is 2. The molecule has 0 atom stereocenters. The Bertz CT molecular complexity index is 1480. The van der Waals surface area contributed by atoms with Crippen LogP contribution in [-0.2, 0) is 0 Å². The molecule has 0 amide bonds. The van der Waals surface area contributed by atoms with Gasteiger partial charge in [0.05, 0.1) is 28.5 Å². The van der Waals surface area contributed by atoms with Crippen LogP contribution in [0.2, 0.25) is 0 Å². The van der Waals surface area contributed by atoms with Gasteiger partial charge in [0.25, 0.3) is 0 Å². The Balaban J connectivity index is 1.88. The molecule has 2 aromatic heterocycles. The van der Waals surface area contributed by atoms with Crippen LogP contribution in [0.15, 0.2) is 72.9 Å². The van der Waals surface area contributed by atoms with Gasteiger partial charge in [-0.3, -0.25) is 14.7 Å². The summed E-state index contributed by atoms with van der Waals surface area (Å²) < 4.78 is 0. The Morgan fingerprint density at radius 2 is 1.48 bits per heavy atom. The molecule has 5 nitrogen and oxygen atoms in total. The second-order valence-corrected chi connectivity index (χ2v) is 7.07. The number of fused-ring (bicyclic) bond motifs is 6. The van der Waals surface area contributed by atoms with Crippen molar-refractivity contribution in [2.45, 2.75) is 0 Å². The zero-order valence-electron chi connectivity index (χ0n) is 15.1. The van der Waals surface area contributed by atoms with Gasteiger partial charge in [-0.1, -0.05) is 54.6 Å². The van der Waals surface area contributed by atoms with E-state index in [2.05, 4.69) is 10.2 Å². The number of ketones is 2. The van der Waals surface area contributed by atoms with Crippen molar-refractivity contribution in [3.8, 4) is 22.4 Å². The molecule has 29 heavy (non-hydrogen) atoms. The number of nitrogens with one attached hydrogen (secondary N) is 1. The van der Waals surface area contributed by atoms with Gasteiger partial charge in [0, 0.05) is 27.5 Å². The van der Waals surface area contributed by atoms with Gasteiger partial charge in [-0.25, -0.2) is 4.98 Å². The standard InChI is InChI=1S/C24H13N3O2/c28-23-15-9-5-4-8-14(15)22-21(24(23)29)19(13-6-2-1-3-7-13)20-16-12-25-27-17(16)10-11-18(20)26-22/h1-12H,(H,25,27). The summed E-state index contributed by atoms with van der Waals surface area (Å²) in [6, 6.07) is 20.7. The molecule has 0 fully saturated rings. The number of carbonyl (C=O) groups is 2. The highest BCUT2D eigenvalue weighted by Gasteiger charge is 2.35. The number of hydrogen-bond acceptors (Lipinski definition) is 4. The molecule has 1 aliphatic carbocycles. The van der Waals surface area contributed by atoms with Crippen LogP contribution in [0.25, 0.3) is 44.2 Å². The minimum atomic E-state index is -0.521. The molecule has 0 radical (unpaired) electrons. The van der Waals surface area contributed by atoms with Gasteiger partial charge < -0.3 is 0 Å². The molecule has 0 aliphatic heterocycles. The molecule has 3 aromatic carbocycles. The van der Waals surface area contributed by atoms with E-state index < -0.39 is 11.6 Å². The van der Waals surface area contributed by atoms with Crippen molar-refractivity contribution < 1.29 is 9.59 Å². The zero-order chi connectivity index (χ0) is 19.5. The number of carbonyl (C=O) groups excluding carboxylic acids is 2. The quantitative estimate of drug-likeness (QED) is 0.426. The highest BCUT2D eigenvalue weighted by Crippen LogP contribution is 2.43. The molecule has 0 spiro atoms. The van der Waals surface area contributed by atoms with E-state index >= 15 is 0 Å². The number of Topliss-reactive ketones (excluding diaryl/α,β-unsaturated/α-hetero) is 2. The first-order chi connectivity index (χ1) is 14.2. The van der Waals surface area contributed by atoms with Gasteiger partial charge in [-0.15, -0.1) is 0 Å². The van der Waals surface area contributed by atoms with E-state index in [9.17, 15) is 9.59 Å². The molecule has 6 rings (SSSR count). The summed E-state index contributed by atoms with van der Waals surface area (Å²) in [5.74, 6) is -1.02. The van der Waals surface area contributed by atoms with Crippen LogP contribution in [-0.4, -0.2) is 26.7 Å². The maximum Gasteiger partial charge on any atom is 0.236 e. The van der Waals surface area contributed by atoms with E-state index in [4.69, 9.17) is 4.98 Å². The predicted octanol–water partition coefficient (Wildman–Crippen LogP) is 4.82. The summed E-state index contributed by atoms with van der Waals surface area (Å²) in [4.78, 5) is 31.0. The van der Waals surface area contributed by atoms with Crippen molar-refractivity contribution in [2.24, 2.45) is 0 Å². The topological polar surface area (TPSA) is 75.7 Å². The average Bonchev–Trinajstić information content (AvgIpc) is 3.26. The van der Waals surface area contributed by atoms with E-state index in [1.165, 1.54) is 0 Å². The van der Waals surface area contributed by atoms with E-state index in [0.29, 0.717) is 22.4 Å². The number of pyridine rings is 1. The van der Waals surface area contributed by atoms with Crippen LogP contribution in [0.1, 0.15) is 20.7 Å². The van der Waals surface area contributed by atoms with Gasteiger partial charge in [-0.05, 0) is 17.7 Å². The van der Waals surface area contributed by atoms with E-state index in [-0.39, 0.29) is 0 Å². The predicted molar refractivity (Wildman–Crippen MR) is 111 cm³/mol. The minimum Gasteiger partial charge on any atom is -0.285 e. The normalized spacial score (nSPS) is 13.0. The van der Waals surface area contributed by atoms with Crippen molar-refractivity contribution in [2.75, 3.05) is 0 Å². The second-order valence-electron chi connectivity index (χ2n) is 7.07. The van der Waals surface area contributed by atoms with Gasteiger partial charge in [0.15, 0.2) is 0 Å². The van der Waals surface area contributed by atoms with Gasteiger partial charge in [0.2, 0.25) is 11.6 Å². The summed E-state index contributed by atoms with van der Waals surface area (Å²) in [6.45, 7) is 0. The van der Waals surface area contributed by atoms with Gasteiger partial charge >= 0.3 is 0 Å². The Hall–Kier alpha value is -4.12. The van der Waals surface area contributed by atoms with E-state index in [0.717, 1.165) is 32.9 Å². The Labute approximate surface area is 165 Å². The zero-order valence-corrected chi connectivity index (χ0v) is 15.1. The largest absolute Gasteiger partial charge is 0.285 e. The molecule has 2 heterocycles. The number of rotatable bonds is 1. The minimum absolute atomic E-state index is 0.362. The van der Waals surface area contributed by atoms with E-state index in [1.807, 2.05) is 54.6 Å². The number of benzene rings is 3. The highest BCUT2D eigenvalue weighted by molar-refractivity contribution is 6.54. The van der Waals surface area contributed by atoms with Crippen LogP contribution in [0, 0.1) is 0 Å². The van der Waals surface area contributed by atoms with Crippen LogP contribution in [0.3, 0.4) is 0 Å². The Morgan fingerprint density at radius 3 is 2.31 bits per heavy atom. The molecule has 0 saturated heterocycles. The monoisotopic (exact) mass is 375 g/mol. The lowest BCUT2D eigenvalue weighted by molar-refractivity contribution is 0.0815. The SMILES string of the molecule is O=C1C(=O)c2c(nc3ccc4[nH]ncc4c3c2-c2ccccc2)-c2ccccc21. The lowest BCUT2D eigenvalue weighted by Crippen LogP contribution is -2.23. The van der Waals surface area contributed by atoms with Crippen LogP contribution < -0.4 is 0 Å². The molecule has 136 valence electrons. The van der Waals surface area contributed by atoms with Crippen molar-refractivity contribution in [3.63, 3.8) is 0 Å². The van der Waals surface area contributed by atoms with Crippen molar-refractivity contribution in [3.05, 3.63) is 84.1 Å². The lowest BCUT2D eigenvalue weighted by Gasteiger charge is -2.22. The van der Waals surface area contributed by atoms with Crippen molar-refractivity contribution in [1.29, 1.82) is 0 Å². The molecule has 0 saturated carbocycles. The number of H-pyrrole nitrogens is 1. The third kappa shape index (κ3) is 2.09. The number of aromatic amines is 1. The third-order valence-corrected chi connectivity index (χ3v) is 5.49. The van der Waals surface area contributed by atoms with Crippen LogP contribution in [0.4, 0.5) is 0 Å². The lowest BCUT2D eigenvalue weighted by atomic mass is 9.81. The first-order valence-electron chi connectivity index (χ1n) is 9.27. The molecule has 0 bridgehead atoms. The summed E-state index contributed by atoms with van der Waals surface area (Å²) >= 11 is 0. The molecule has 5 aromatic rings. The van der Waals surface area contributed by atoms with E-state index in [1.54, 1.807) is 18.3 Å². The van der Waals surface area contributed by atoms with Crippen molar-refractivity contribution in [1.82, 2.24) is 15.2 Å². The third-order valence-electron chi connectivity index (χ3n) is 5.49. The fraction of sp³-hybridized carbons (Fsp3) is 0. The molecular formula is C24H13N3O2. The Morgan fingerprint density at radius 1 is 0.724 bits per heavy atom. The van der Waals surface area contributed by atoms with Crippen LogP contribution in [0.5, 0.6) is 0 Å². The fourth-order valence-electron chi connectivity index (χ4n) is 4.21. The van der Waals surface area contributed by atoms with Crippen molar-refractivity contribution >= 4 is 33.4 Å². The first kappa shape index (κ1) is 15.9. The highest BCUT2D eigenvalue weighted by atomic mass is 16.2. The second kappa shape index (κ2) is 5.69. The summed E-state index contributed by atoms with van der Waals surface area (Å²) in [5.41, 5.74) is 5.22. The molecule has 1 N–H and O–H groups in total. The van der Waals surface area contributed by atoms with Gasteiger partial charge in [-0.2, -0.15) is 5.10 Å². The summed E-state index contributed by atoms with van der Waals surface area (Å²) in [6.07, 6.45) is 1.74. The Kier molecular flexibility index (Phi) is 3.12. The molecular weight excluding hydrogens is 362 g/mol. The fourth-order valence-corrected chi connectivity index (χ4v) is 4.21. The molecule has 5 heteroatoms. The maximum absolute atomic E-state index is 13.3. The smallest absolute Gasteiger partial charge is 0.236 e. The number of aromatic nitrogens is 3. The van der Waals surface area contributed by atoms with Crippen LogP contribution >= 0.6 is 0 Å². The average molecular weight is 375 g/mol. The number of hydrogen-bond donors (Lipinski definition) is 1. The molecule has 0 unspecified atom stereocenters. The summed E-state index contributed by atoms with van der Waals surface area (Å²) in [5, 5.41) is 8.83. The van der Waals surface area contributed by atoms with Gasteiger partial charge in [0.1, 0.15) is 0 Å². The first-order valence-corrected chi connectivity index (χ1v) is 9.27. The summed E-state index contributed by atoms with van der Waals surface area (Å²) in [7, 11) is 0. The maximum atomic E-state index is 13.3.